The van der Waals surface area contributed by atoms with E-state index in [9.17, 15) is 14.4 Å². The molecule has 0 saturated carbocycles. The van der Waals surface area contributed by atoms with Gasteiger partial charge in [0.1, 0.15) is 6.04 Å². The minimum Gasteiger partial charge on any atom is -0.356 e. The van der Waals surface area contributed by atoms with Gasteiger partial charge in [-0.25, -0.2) is 4.79 Å². The van der Waals surface area contributed by atoms with Gasteiger partial charge < -0.3 is 10.6 Å². The molecule has 4 amide bonds. The zero-order valence-corrected chi connectivity index (χ0v) is 9.50. The van der Waals surface area contributed by atoms with Crippen molar-refractivity contribution >= 4 is 17.8 Å². The number of rotatable bonds is 5. The van der Waals surface area contributed by atoms with Crippen molar-refractivity contribution in [2.45, 2.75) is 32.7 Å². The van der Waals surface area contributed by atoms with Crippen molar-refractivity contribution in [2.75, 3.05) is 6.54 Å². The summed E-state index contributed by atoms with van der Waals surface area (Å²) in [6, 6.07) is -1.27. The molecule has 0 bridgehead atoms. The first kappa shape index (κ1) is 12.5. The van der Waals surface area contributed by atoms with Crippen molar-refractivity contribution in [3.05, 3.63) is 0 Å². The minimum atomic E-state index is -0.730. The first-order chi connectivity index (χ1) is 7.49. The molecule has 6 nitrogen and oxygen atoms in total. The van der Waals surface area contributed by atoms with E-state index in [4.69, 9.17) is 0 Å². The summed E-state index contributed by atoms with van der Waals surface area (Å²) >= 11 is 0. The Kier molecular flexibility index (Phi) is 4.28. The third kappa shape index (κ3) is 3.88. The Hall–Kier alpha value is -1.59. The lowest BCUT2D eigenvalue weighted by Crippen LogP contribution is -2.36. The van der Waals surface area contributed by atoms with Crippen LogP contribution in [-0.2, 0) is 9.59 Å². The van der Waals surface area contributed by atoms with Crippen molar-refractivity contribution in [1.29, 1.82) is 0 Å². The van der Waals surface area contributed by atoms with Crippen LogP contribution in [-0.4, -0.2) is 30.4 Å². The maximum absolute atomic E-state index is 11.4. The minimum absolute atomic E-state index is 0.00430. The molecule has 1 aliphatic heterocycles. The molecule has 0 aliphatic carbocycles. The average molecular weight is 227 g/mol. The van der Waals surface area contributed by atoms with Crippen molar-refractivity contribution in [2.24, 2.45) is 5.92 Å². The molecule has 90 valence electrons. The molecule has 0 aromatic heterocycles. The topological polar surface area (TPSA) is 87.3 Å². The van der Waals surface area contributed by atoms with Crippen LogP contribution < -0.4 is 16.0 Å². The Labute approximate surface area is 94.2 Å². The first-order valence-electron chi connectivity index (χ1n) is 5.37. The number of amides is 4. The van der Waals surface area contributed by atoms with Gasteiger partial charge in [-0.3, -0.25) is 14.9 Å². The Bertz CT molecular complexity index is 302. The highest BCUT2D eigenvalue weighted by Crippen LogP contribution is 2.00. The summed E-state index contributed by atoms with van der Waals surface area (Å²) < 4.78 is 0. The van der Waals surface area contributed by atoms with Crippen LogP contribution in [0.15, 0.2) is 0 Å². The Morgan fingerprint density at radius 1 is 1.44 bits per heavy atom. The summed E-state index contributed by atoms with van der Waals surface area (Å²) in [6.45, 7) is 4.73. The predicted octanol–water partition coefficient (Wildman–Crippen LogP) is -0.253. The van der Waals surface area contributed by atoms with E-state index < -0.39 is 18.0 Å². The Balaban J connectivity index is 2.24. The number of carbonyl (C=O) groups is 3. The summed E-state index contributed by atoms with van der Waals surface area (Å²) in [6.07, 6.45) is 0.893. The van der Waals surface area contributed by atoms with E-state index in [1.807, 2.05) is 0 Å². The predicted molar refractivity (Wildman–Crippen MR) is 57.5 cm³/mol. The summed E-state index contributed by atoms with van der Waals surface area (Å²) in [5.74, 6) is -0.137. The molecular weight excluding hydrogens is 210 g/mol. The SMILES string of the molecule is CC(C)CCNC(=O)CC1NC(=O)NC1=O. The largest absolute Gasteiger partial charge is 0.356 e. The third-order valence-electron chi connectivity index (χ3n) is 2.29. The van der Waals surface area contributed by atoms with Crippen molar-refractivity contribution in [3.8, 4) is 0 Å². The van der Waals surface area contributed by atoms with Gasteiger partial charge in [0.25, 0.3) is 5.91 Å². The molecule has 0 aromatic rings. The number of imide groups is 1. The average Bonchev–Trinajstić information content (AvgIpc) is 2.44. The number of hydrogen-bond acceptors (Lipinski definition) is 3. The summed E-state index contributed by atoms with van der Waals surface area (Å²) in [5.41, 5.74) is 0. The van der Waals surface area contributed by atoms with E-state index in [2.05, 4.69) is 29.8 Å². The third-order valence-corrected chi connectivity index (χ3v) is 2.29. The number of nitrogens with one attached hydrogen (secondary N) is 3. The zero-order chi connectivity index (χ0) is 12.1. The fourth-order valence-corrected chi connectivity index (χ4v) is 1.36. The number of carbonyl (C=O) groups excluding carboxylic acids is 3. The highest BCUT2D eigenvalue weighted by Gasteiger charge is 2.30. The van der Waals surface area contributed by atoms with Gasteiger partial charge in [-0.1, -0.05) is 13.8 Å². The normalized spacial score (nSPS) is 19.6. The van der Waals surface area contributed by atoms with Crippen LogP contribution in [0.1, 0.15) is 26.7 Å². The highest BCUT2D eigenvalue weighted by molar-refractivity contribution is 6.05. The van der Waals surface area contributed by atoms with E-state index in [1.54, 1.807) is 0 Å². The van der Waals surface area contributed by atoms with Gasteiger partial charge in [-0.05, 0) is 12.3 Å². The maximum Gasteiger partial charge on any atom is 0.322 e. The van der Waals surface area contributed by atoms with Crippen LogP contribution in [0.25, 0.3) is 0 Å². The molecule has 1 unspecified atom stereocenters. The monoisotopic (exact) mass is 227 g/mol. The van der Waals surface area contributed by atoms with Gasteiger partial charge >= 0.3 is 6.03 Å². The lowest BCUT2D eigenvalue weighted by molar-refractivity contribution is -0.126. The van der Waals surface area contributed by atoms with E-state index in [0.717, 1.165) is 6.42 Å². The van der Waals surface area contributed by atoms with Gasteiger partial charge in [0, 0.05) is 6.54 Å². The molecule has 1 saturated heterocycles. The lowest BCUT2D eigenvalue weighted by Gasteiger charge is -2.09. The lowest BCUT2D eigenvalue weighted by atomic mass is 10.1. The van der Waals surface area contributed by atoms with Gasteiger partial charge in [0.05, 0.1) is 6.42 Å². The van der Waals surface area contributed by atoms with Gasteiger partial charge in [0.2, 0.25) is 5.91 Å². The van der Waals surface area contributed by atoms with E-state index in [0.29, 0.717) is 12.5 Å². The molecular formula is C10H17N3O3. The van der Waals surface area contributed by atoms with Crippen LogP contribution in [0.4, 0.5) is 4.79 Å². The molecule has 6 heteroatoms. The summed E-state index contributed by atoms with van der Waals surface area (Å²) in [4.78, 5) is 33.3. The molecule has 1 heterocycles. The summed E-state index contributed by atoms with van der Waals surface area (Å²) in [5, 5.41) is 7.16. The summed E-state index contributed by atoms with van der Waals surface area (Å²) in [7, 11) is 0. The number of urea groups is 1. The Morgan fingerprint density at radius 2 is 2.12 bits per heavy atom. The molecule has 0 spiro atoms. The zero-order valence-electron chi connectivity index (χ0n) is 9.50. The van der Waals surface area contributed by atoms with Crippen molar-refractivity contribution in [3.63, 3.8) is 0 Å². The molecule has 0 radical (unpaired) electrons. The fourth-order valence-electron chi connectivity index (χ4n) is 1.36. The van der Waals surface area contributed by atoms with Gasteiger partial charge in [-0.2, -0.15) is 0 Å². The van der Waals surface area contributed by atoms with E-state index in [1.165, 1.54) is 0 Å². The standard InChI is InChI=1S/C10H17N3O3/c1-6(2)3-4-11-8(14)5-7-9(15)13-10(16)12-7/h6-7H,3-5H2,1-2H3,(H,11,14)(H2,12,13,15,16). The maximum atomic E-state index is 11.4. The molecule has 1 atom stereocenters. The van der Waals surface area contributed by atoms with Crippen LogP contribution in [0.2, 0.25) is 0 Å². The van der Waals surface area contributed by atoms with Gasteiger partial charge in [-0.15, -0.1) is 0 Å². The van der Waals surface area contributed by atoms with Crippen molar-refractivity contribution < 1.29 is 14.4 Å². The second kappa shape index (κ2) is 5.48. The van der Waals surface area contributed by atoms with Crippen LogP contribution in [0.5, 0.6) is 0 Å². The Morgan fingerprint density at radius 3 is 2.62 bits per heavy atom. The molecule has 3 N–H and O–H groups in total. The smallest absolute Gasteiger partial charge is 0.322 e. The van der Waals surface area contributed by atoms with Crippen LogP contribution in [0, 0.1) is 5.92 Å². The van der Waals surface area contributed by atoms with Crippen LogP contribution >= 0.6 is 0 Å². The molecule has 16 heavy (non-hydrogen) atoms. The quantitative estimate of drug-likeness (QED) is 0.566. The number of hydrogen-bond donors (Lipinski definition) is 3. The van der Waals surface area contributed by atoms with E-state index in [-0.39, 0.29) is 12.3 Å². The van der Waals surface area contributed by atoms with Crippen LogP contribution in [0.3, 0.4) is 0 Å². The fraction of sp³-hybridized carbons (Fsp3) is 0.700. The molecule has 1 aliphatic rings. The second-order valence-corrected chi connectivity index (χ2v) is 4.25. The van der Waals surface area contributed by atoms with Gasteiger partial charge in [0.15, 0.2) is 0 Å². The molecule has 1 rings (SSSR count). The van der Waals surface area contributed by atoms with Crippen molar-refractivity contribution in [1.82, 2.24) is 16.0 Å². The molecule has 0 aromatic carbocycles. The molecule has 1 fully saturated rings. The first-order valence-corrected chi connectivity index (χ1v) is 5.37. The van der Waals surface area contributed by atoms with E-state index >= 15 is 0 Å². The highest BCUT2D eigenvalue weighted by atomic mass is 16.2. The second-order valence-electron chi connectivity index (χ2n) is 4.25.